The second-order valence-electron chi connectivity index (χ2n) is 3.72. The fraction of sp³-hybridized carbons (Fsp3) is 0.889. The number of hydrogen-bond donors (Lipinski definition) is 3. The number of aliphatic hydroxyl groups excluding tert-OH is 1. The molecule has 0 saturated carbocycles. The highest BCUT2D eigenvalue weighted by molar-refractivity contribution is 5.85. The van der Waals surface area contributed by atoms with E-state index in [1.165, 1.54) is 0 Å². The Balaban J connectivity index is 4.08. The van der Waals surface area contributed by atoms with E-state index in [0.717, 1.165) is 6.42 Å². The molecule has 0 radical (unpaired) electrons. The zero-order valence-electron chi connectivity index (χ0n) is 8.63. The maximum Gasteiger partial charge on any atom is 0.240 e. The Morgan fingerprint density at radius 3 is 2.62 bits per heavy atom. The van der Waals surface area contributed by atoms with E-state index >= 15 is 0 Å². The van der Waals surface area contributed by atoms with Crippen molar-refractivity contribution in [2.45, 2.75) is 45.2 Å². The van der Waals surface area contributed by atoms with Crippen LogP contribution in [0, 0.1) is 0 Å². The molecule has 0 heterocycles. The predicted molar refractivity (Wildman–Crippen MR) is 52.2 cm³/mol. The van der Waals surface area contributed by atoms with Crippen LogP contribution in [0.5, 0.6) is 0 Å². The second kappa shape index (κ2) is 5.19. The average molecular weight is 188 g/mol. The van der Waals surface area contributed by atoms with Crippen LogP contribution in [0.4, 0.5) is 0 Å². The van der Waals surface area contributed by atoms with Crippen molar-refractivity contribution in [1.29, 1.82) is 0 Å². The molecule has 1 amide bonds. The Bertz CT molecular complexity index is 169. The first kappa shape index (κ1) is 12.4. The van der Waals surface area contributed by atoms with Crippen molar-refractivity contribution in [3.63, 3.8) is 0 Å². The number of hydrogen-bond acceptors (Lipinski definition) is 3. The first-order valence-corrected chi connectivity index (χ1v) is 4.64. The molecular formula is C9H20N2O2. The molecule has 4 nitrogen and oxygen atoms in total. The summed E-state index contributed by atoms with van der Waals surface area (Å²) in [6.45, 7) is 5.36. The first-order valence-electron chi connectivity index (χ1n) is 4.64. The van der Waals surface area contributed by atoms with Gasteiger partial charge in [-0.05, 0) is 20.3 Å². The van der Waals surface area contributed by atoms with Crippen molar-refractivity contribution in [2.75, 3.05) is 6.61 Å². The number of aliphatic hydroxyl groups is 1. The van der Waals surface area contributed by atoms with Crippen LogP contribution in [0.25, 0.3) is 0 Å². The van der Waals surface area contributed by atoms with Crippen LogP contribution in [0.2, 0.25) is 0 Å². The Morgan fingerprint density at radius 1 is 1.69 bits per heavy atom. The minimum Gasteiger partial charge on any atom is -0.394 e. The number of carbonyl (C=O) groups is 1. The van der Waals surface area contributed by atoms with Crippen LogP contribution in [-0.4, -0.2) is 29.2 Å². The second-order valence-corrected chi connectivity index (χ2v) is 3.72. The molecule has 2 atom stereocenters. The van der Waals surface area contributed by atoms with E-state index in [-0.39, 0.29) is 18.6 Å². The maximum absolute atomic E-state index is 11.5. The van der Waals surface area contributed by atoms with Gasteiger partial charge < -0.3 is 16.2 Å². The molecule has 0 saturated heterocycles. The fourth-order valence-electron chi connectivity index (χ4n) is 1.07. The summed E-state index contributed by atoms with van der Waals surface area (Å²) in [5, 5.41) is 11.4. The van der Waals surface area contributed by atoms with Gasteiger partial charge in [-0.25, -0.2) is 0 Å². The summed E-state index contributed by atoms with van der Waals surface area (Å²) in [7, 11) is 0. The molecule has 78 valence electrons. The van der Waals surface area contributed by atoms with Crippen molar-refractivity contribution in [1.82, 2.24) is 5.32 Å². The van der Waals surface area contributed by atoms with Gasteiger partial charge in [0, 0.05) is 6.04 Å². The summed E-state index contributed by atoms with van der Waals surface area (Å²) < 4.78 is 0. The largest absolute Gasteiger partial charge is 0.394 e. The highest BCUT2D eigenvalue weighted by Gasteiger charge is 2.27. The van der Waals surface area contributed by atoms with E-state index in [4.69, 9.17) is 10.8 Å². The van der Waals surface area contributed by atoms with Crippen molar-refractivity contribution < 1.29 is 9.90 Å². The lowest BCUT2D eigenvalue weighted by Crippen LogP contribution is -2.54. The molecule has 13 heavy (non-hydrogen) atoms. The molecule has 0 aliphatic heterocycles. The smallest absolute Gasteiger partial charge is 0.240 e. The van der Waals surface area contributed by atoms with Gasteiger partial charge in [-0.1, -0.05) is 13.3 Å². The third-order valence-corrected chi connectivity index (χ3v) is 1.94. The SMILES string of the molecule is CCCC(C)(N)C(=O)N[C@@H](C)CO. The summed E-state index contributed by atoms with van der Waals surface area (Å²) in [5.74, 6) is -0.198. The van der Waals surface area contributed by atoms with E-state index < -0.39 is 5.54 Å². The van der Waals surface area contributed by atoms with Crippen molar-refractivity contribution in [2.24, 2.45) is 5.73 Å². The Labute approximate surface area is 79.5 Å². The molecule has 0 bridgehead atoms. The van der Waals surface area contributed by atoms with Gasteiger partial charge in [0.1, 0.15) is 0 Å². The van der Waals surface area contributed by atoms with Gasteiger partial charge in [0.2, 0.25) is 5.91 Å². The molecule has 0 aliphatic carbocycles. The van der Waals surface area contributed by atoms with Crippen LogP contribution >= 0.6 is 0 Å². The highest BCUT2D eigenvalue weighted by Crippen LogP contribution is 2.08. The standard InChI is InChI=1S/C9H20N2O2/c1-4-5-9(3,10)8(13)11-7(2)6-12/h7,12H,4-6,10H2,1-3H3,(H,11,13)/t7-,9?/m0/s1. The zero-order valence-corrected chi connectivity index (χ0v) is 8.63. The summed E-state index contributed by atoms with van der Waals surface area (Å²) in [5.41, 5.74) is 4.96. The van der Waals surface area contributed by atoms with Gasteiger partial charge >= 0.3 is 0 Å². The molecule has 0 aromatic rings. The molecule has 0 fully saturated rings. The molecule has 0 rings (SSSR count). The third-order valence-electron chi connectivity index (χ3n) is 1.94. The van der Waals surface area contributed by atoms with Crippen molar-refractivity contribution >= 4 is 5.91 Å². The van der Waals surface area contributed by atoms with Crippen molar-refractivity contribution in [3.8, 4) is 0 Å². The Hall–Kier alpha value is -0.610. The molecule has 1 unspecified atom stereocenters. The molecule has 0 spiro atoms. The molecule has 4 N–H and O–H groups in total. The topological polar surface area (TPSA) is 75.4 Å². The average Bonchev–Trinajstić information content (AvgIpc) is 2.04. The van der Waals surface area contributed by atoms with Crippen molar-refractivity contribution in [3.05, 3.63) is 0 Å². The zero-order chi connectivity index (χ0) is 10.5. The van der Waals surface area contributed by atoms with E-state index in [0.29, 0.717) is 6.42 Å². The highest BCUT2D eigenvalue weighted by atomic mass is 16.3. The number of nitrogens with two attached hydrogens (primary N) is 1. The molecule has 0 aromatic carbocycles. The Morgan fingerprint density at radius 2 is 2.23 bits per heavy atom. The maximum atomic E-state index is 11.5. The molecular weight excluding hydrogens is 168 g/mol. The minimum absolute atomic E-state index is 0.0616. The number of rotatable bonds is 5. The minimum atomic E-state index is -0.821. The van der Waals surface area contributed by atoms with Crippen LogP contribution in [-0.2, 0) is 4.79 Å². The molecule has 0 aromatic heterocycles. The van der Waals surface area contributed by atoms with Crippen LogP contribution in [0.1, 0.15) is 33.6 Å². The summed E-state index contributed by atoms with van der Waals surface area (Å²) in [6, 6.07) is -0.229. The van der Waals surface area contributed by atoms with E-state index in [1.807, 2.05) is 6.92 Å². The van der Waals surface area contributed by atoms with Gasteiger partial charge in [-0.15, -0.1) is 0 Å². The summed E-state index contributed by atoms with van der Waals surface area (Å²) in [6.07, 6.45) is 1.52. The molecule has 0 aliphatic rings. The molecule has 4 heteroatoms. The van der Waals surface area contributed by atoms with Crippen LogP contribution in [0.3, 0.4) is 0 Å². The van der Waals surface area contributed by atoms with E-state index in [2.05, 4.69) is 5.32 Å². The number of nitrogens with one attached hydrogen (secondary N) is 1. The number of carbonyl (C=O) groups excluding carboxylic acids is 1. The monoisotopic (exact) mass is 188 g/mol. The lowest BCUT2D eigenvalue weighted by Gasteiger charge is -2.24. The summed E-state index contributed by atoms with van der Waals surface area (Å²) >= 11 is 0. The van der Waals surface area contributed by atoms with Crippen LogP contribution in [0.15, 0.2) is 0 Å². The quantitative estimate of drug-likeness (QED) is 0.568. The lowest BCUT2D eigenvalue weighted by atomic mass is 9.96. The third kappa shape index (κ3) is 4.24. The normalized spacial score (nSPS) is 17.6. The van der Waals surface area contributed by atoms with E-state index in [1.54, 1.807) is 13.8 Å². The first-order chi connectivity index (χ1) is 5.94. The Kier molecular flexibility index (Phi) is 4.95. The fourth-order valence-corrected chi connectivity index (χ4v) is 1.07. The van der Waals surface area contributed by atoms with Gasteiger partial charge in [0.25, 0.3) is 0 Å². The lowest BCUT2D eigenvalue weighted by molar-refractivity contribution is -0.126. The van der Waals surface area contributed by atoms with E-state index in [9.17, 15) is 4.79 Å². The van der Waals surface area contributed by atoms with Gasteiger partial charge in [-0.3, -0.25) is 4.79 Å². The van der Waals surface area contributed by atoms with Crippen LogP contribution < -0.4 is 11.1 Å². The number of amides is 1. The predicted octanol–water partition coefficient (Wildman–Crippen LogP) is 0.000900. The van der Waals surface area contributed by atoms with Gasteiger partial charge in [0.15, 0.2) is 0 Å². The summed E-state index contributed by atoms with van der Waals surface area (Å²) in [4.78, 5) is 11.5. The van der Waals surface area contributed by atoms with Gasteiger partial charge in [0.05, 0.1) is 12.1 Å². The van der Waals surface area contributed by atoms with Gasteiger partial charge in [-0.2, -0.15) is 0 Å².